The van der Waals surface area contributed by atoms with Gasteiger partial charge in [-0.1, -0.05) is 23.9 Å². The first kappa shape index (κ1) is 19.8. The molecule has 4 rings (SSSR count). The largest absolute Gasteiger partial charge is 0.351 e. The third-order valence-corrected chi connectivity index (χ3v) is 6.73. The van der Waals surface area contributed by atoms with Crippen LogP contribution in [0.5, 0.6) is 0 Å². The average molecular weight is 427 g/mol. The van der Waals surface area contributed by atoms with Gasteiger partial charge in [0.1, 0.15) is 16.2 Å². The van der Waals surface area contributed by atoms with Crippen LogP contribution < -0.4 is 5.32 Å². The van der Waals surface area contributed by atoms with Crippen LogP contribution in [0.1, 0.15) is 35.2 Å². The second-order valence-corrected chi connectivity index (χ2v) is 8.79. The SMILES string of the molecule is O=C(CSc1ncnc2sccc12)NCc1ccc(C(=O)N2CCCCC2)cc1. The van der Waals surface area contributed by atoms with E-state index in [1.807, 2.05) is 40.6 Å². The van der Waals surface area contributed by atoms with E-state index in [-0.39, 0.29) is 11.8 Å². The second-order valence-electron chi connectivity index (χ2n) is 6.93. The molecule has 150 valence electrons. The number of rotatable bonds is 6. The first-order valence-electron chi connectivity index (χ1n) is 9.66. The van der Waals surface area contributed by atoms with E-state index in [4.69, 9.17) is 0 Å². The van der Waals surface area contributed by atoms with E-state index >= 15 is 0 Å². The lowest BCUT2D eigenvalue weighted by molar-refractivity contribution is -0.118. The normalized spacial score (nSPS) is 14.1. The lowest BCUT2D eigenvalue weighted by Crippen LogP contribution is -2.35. The van der Waals surface area contributed by atoms with Gasteiger partial charge in [0.2, 0.25) is 5.91 Å². The number of thioether (sulfide) groups is 1. The molecule has 1 aromatic carbocycles. The summed E-state index contributed by atoms with van der Waals surface area (Å²) in [5.41, 5.74) is 1.68. The summed E-state index contributed by atoms with van der Waals surface area (Å²) in [6.07, 6.45) is 4.91. The summed E-state index contributed by atoms with van der Waals surface area (Å²) >= 11 is 2.98. The third kappa shape index (κ3) is 4.94. The van der Waals surface area contributed by atoms with E-state index < -0.39 is 0 Å². The zero-order chi connectivity index (χ0) is 20.1. The maximum absolute atomic E-state index is 12.5. The Morgan fingerprint density at radius 2 is 1.86 bits per heavy atom. The maximum atomic E-state index is 12.5. The molecule has 1 aliphatic rings. The Labute approximate surface area is 177 Å². The number of nitrogens with one attached hydrogen (secondary N) is 1. The summed E-state index contributed by atoms with van der Waals surface area (Å²) < 4.78 is 0. The number of carbonyl (C=O) groups excluding carboxylic acids is 2. The summed E-state index contributed by atoms with van der Waals surface area (Å²) in [5, 5.41) is 6.72. The van der Waals surface area contributed by atoms with Gasteiger partial charge in [0, 0.05) is 30.6 Å². The third-order valence-electron chi connectivity index (χ3n) is 4.90. The molecule has 3 aromatic rings. The van der Waals surface area contributed by atoms with Gasteiger partial charge in [0.25, 0.3) is 5.91 Å². The van der Waals surface area contributed by atoms with Crippen molar-refractivity contribution in [2.75, 3.05) is 18.8 Å². The molecule has 3 heterocycles. The fourth-order valence-electron chi connectivity index (χ4n) is 3.31. The molecule has 6 nitrogen and oxygen atoms in total. The van der Waals surface area contributed by atoms with E-state index in [1.165, 1.54) is 24.5 Å². The molecule has 2 amide bonds. The van der Waals surface area contributed by atoms with Gasteiger partial charge in [0.05, 0.1) is 5.75 Å². The quantitative estimate of drug-likeness (QED) is 0.480. The predicted molar refractivity (Wildman–Crippen MR) is 116 cm³/mol. The molecular weight excluding hydrogens is 404 g/mol. The van der Waals surface area contributed by atoms with Gasteiger partial charge in [0.15, 0.2) is 0 Å². The molecule has 0 radical (unpaired) electrons. The fourth-order valence-corrected chi connectivity index (χ4v) is 4.92. The number of aromatic nitrogens is 2. The van der Waals surface area contributed by atoms with Crippen LogP contribution in [0.3, 0.4) is 0 Å². The van der Waals surface area contributed by atoms with Crippen molar-refractivity contribution in [1.82, 2.24) is 20.2 Å². The first-order valence-corrected chi connectivity index (χ1v) is 11.5. The molecule has 29 heavy (non-hydrogen) atoms. The van der Waals surface area contributed by atoms with Crippen LogP contribution >= 0.6 is 23.1 Å². The van der Waals surface area contributed by atoms with Crippen LogP contribution in [0.4, 0.5) is 0 Å². The number of amides is 2. The van der Waals surface area contributed by atoms with Gasteiger partial charge in [-0.15, -0.1) is 11.3 Å². The zero-order valence-electron chi connectivity index (χ0n) is 16.0. The Bertz CT molecular complexity index is 997. The summed E-state index contributed by atoms with van der Waals surface area (Å²) in [6, 6.07) is 9.49. The van der Waals surface area contributed by atoms with Crippen molar-refractivity contribution >= 4 is 45.1 Å². The Morgan fingerprint density at radius 1 is 1.07 bits per heavy atom. The number of piperidine rings is 1. The monoisotopic (exact) mass is 426 g/mol. The minimum atomic E-state index is -0.0505. The van der Waals surface area contributed by atoms with Crippen molar-refractivity contribution in [2.24, 2.45) is 0 Å². The van der Waals surface area contributed by atoms with Crippen LogP contribution in [0, 0.1) is 0 Å². The number of fused-ring (bicyclic) bond motifs is 1. The summed E-state index contributed by atoms with van der Waals surface area (Å²) in [4.78, 5) is 36.1. The van der Waals surface area contributed by atoms with Crippen LogP contribution in [0.25, 0.3) is 10.2 Å². The number of carbonyl (C=O) groups is 2. The summed E-state index contributed by atoms with van der Waals surface area (Å²) in [6.45, 7) is 2.13. The molecule has 8 heteroatoms. The van der Waals surface area contributed by atoms with Crippen molar-refractivity contribution in [3.8, 4) is 0 Å². The molecular formula is C21H22N4O2S2. The Kier molecular flexibility index (Phi) is 6.41. The van der Waals surface area contributed by atoms with Crippen molar-refractivity contribution in [2.45, 2.75) is 30.8 Å². The lowest BCUT2D eigenvalue weighted by Gasteiger charge is -2.26. The molecule has 0 spiro atoms. The van der Waals surface area contributed by atoms with Crippen LogP contribution in [-0.2, 0) is 11.3 Å². The van der Waals surface area contributed by atoms with E-state index in [0.29, 0.717) is 17.9 Å². The summed E-state index contributed by atoms with van der Waals surface area (Å²) in [5.74, 6) is 0.347. The molecule has 0 atom stereocenters. The van der Waals surface area contributed by atoms with Crippen molar-refractivity contribution in [3.05, 3.63) is 53.2 Å². The minimum absolute atomic E-state index is 0.0505. The Morgan fingerprint density at radius 3 is 2.66 bits per heavy atom. The molecule has 1 aliphatic heterocycles. The standard InChI is InChI=1S/C21H22N4O2S2/c26-18(13-29-20-17-8-11-28-19(17)23-14-24-20)22-12-15-4-6-16(7-5-15)21(27)25-9-2-1-3-10-25/h4-8,11,14H,1-3,9-10,12-13H2,(H,22,26). The fraction of sp³-hybridized carbons (Fsp3) is 0.333. The highest BCUT2D eigenvalue weighted by Crippen LogP contribution is 2.27. The van der Waals surface area contributed by atoms with Crippen LogP contribution in [0.2, 0.25) is 0 Å². The highest BCUT2D eigenvalue weighted by atomic mass is 32.2. The number of likely N-dealkylation sites (tertiary alicyclic amines) is 1. The van der Waals surface area contributed by atoms with Crippen molar-refractivity contribution < 1.29 is 9.59 Å². The number of benzene rings is 1. The molecule has 0 saturated carbocycles. The second kappa shape index (κ2) is 9.37. The zero-order valence-corrected chi connectivity index (χ0v) is 17.6. The summed E-state index contributed by atoms with van der Waals surface area (Å²) in [7, 11) is 0. The van der Waals surface area contributed by atoms with Crippen LogP contribution in [-0.4, -0.2) is 45.5 Å². The number of nitrogens with zero attached hydrogens (tertiary/aromatic N) is 3. The van der Waals surface area contributed by atoms with E-state index in [2.05, 4.69) is 15.3 Å². The van der Waals surface area contributed by atoms with Crippen LogP contribution in [0.15, 0.2) is 47.1 Å². The molecule has 0 unspecified atom stereocenters. The maximum Gasteiger partial charge on any atom is 0.253 e. The first-order chi connectivity index (χ1) is 14.2. The van der Waals surface area contributed by atoms with Crippen molar-refractivity contribution in [3.63, 3.8) is 0 Å². The van der Waals surface area contributed by atoms with E-state index in [9.17, 15) is 9.59 Å². The minimum Gasteiger partial charge on any atom is -0.351 e. The van der Waals surface area contributed by atoms with Gasteiger partial charge in [-0.25, -0.2) is 9.97 Å². The van der Waals surface area contributed by atoms with Gasteiger partial charge in [-0.2, -0.15) is 0 Å². The predicted octanol–water partition coefficient (Wildman–Crippen LogP) is 3.73. The Hall–Kier alpha value is -2.45. The van der Waals surface area contributed by atoms with Gasteiger partial charge in [-0.3, -0.25) is 9.59 Å². The molecule has 2 aromatic heterocycles. The molecule has 1 saturated heterocycles. The van der Waals surface area contributed by atoms with E-state index in [0.717, 1.165) is 46.7 Å². The number of hydrogen-bond donors (Lipinski definition) is 1. The smallest absolute Gasteiger partial charge is 0.253 e. The van der Waals surface area contributed by atoms with Gasteiger partial charge < -0.3 is 10.2 Å². The topological polar surface area (TPSA) is 75.2 Å². The molecule has 1 fully saturated rings. The molecule has 1 N–H and O–H groups in total. The number of thiophene rings is 1. The highest BCUT2D eigenvalue weighted by molar-refractivity contribution is 8.00. The van der Waals surface area contributed by atoms with Gasteiger partial charge >= 0.3 is 0 Å². The number of hydrogen-bond acceptors (Lipinski definition) is 6. The van der Waals surface area contributed by atoms with Gasteiger partial charge in [-0.05, 0) is 48.4 Å². The lowest BCUT2D eigenvalue weighted by atomic mass is 10.1. The highest BCUT2D eigenvalue weighted by Gasteiger charge is 2.17. The molecule has 0 aliphatic carbocycles. The van der Waals surface area contributed by atoms with E-state index in [1.54, 1.807) is 11.3 Å². The molecule has 0 bridgehead atoms. The van der Waals surface area contributed by atoms with Crippen molar-refractivity contribution in [1.29, 1.82) is 0 Å². The average Bonchev–Trinajstić information content (AvgIpc) is 3.26. The Balaban J connectivity index is 1.27.